The topological polar surface area (TPSA) is 68.5 Å². The molecule has 6 heteroatoms. The van der Waals surface area contributed by atoms with Gasteiger partial charge in [-0.05, 0) is 6.42 Å². The van der Waals surface area contributed by atoms with Crippen molar-refractivity contribution in [3.05, 3.63) is 25.0 Å². The summed E-state index contributed by atoms with van der Waals surface area (Å²) in [6.45, 7) is 2.98. The third-order valence-corrected chi connectivity index (χ3v) is 1.83. The number of aromatic nitrogens is 5. The van der Waals surface area contributed by atoms with Crippen LogP contribution < -0.4 is 5.32 Å². The van der Waals surface area contributed by atoms with Crippen LogP contribution in [-0.2, 0) is 0 Å². The summed E-state index contributed by atoms with van der Waals surface area (Å²) in [6.07, 6.45) is 7.44. The first-order valence-corrected chi connectivity index (χ1v) is 4.81. The Labute approximate surface area is 87.4 Å². The van der Waals surface area contributed by atoms with E-state index in [0.717, 1.165) is 18.8 Å². The molecule has 0 unspecified atom stereocenters. The molecule has 0 fully saturated rings. The van der Waals surface area contributed by atoms with E-state index < -0.39 is 0 Å². The van der Waals surface area contributed by atoms with Gasteiger partial charge in [0.15, 0.2) is 5.82 Å². The third-order valence-electron chi connectivity index (χ3n) is 1.83. The predicted molar refractivity (Wildman–Crippen MR) is 55.7 cm³/mol. The molecule has 2 aromatic rings. The van der Waals surface area contributed by atoms with Gasteiger partial charge in [-0.3, -0.25) is 4.98 Å². The number of rotatable bonds is 4. The van der Waals surface area contributed by atoms with Crippen LogP contribution in [0.1, 0.15) is 13.3 Å². The molecule has 0 radical (unpaired) electrons. The molecule has 0 aliphatic carbocycles. The zero-order valence-electron chi connectivity index (χ0n) is 8.46. The quantitative estimate of drug-likeness (QED) is 0.800. The lowest BCUT2D eigenvalue weighted by Gasteiger charge is -2.04. The molecule has 2 rings (SSSR count). The molecule has 0 spiro atoms. The molecule has 0 amide bonds. The molecule has 2 aromatic heterocycles. The Bertz CT molecular complexity index is 410. The smallest absolute Gasteiger partial charge is 0.175 e. The average Bonchev–Trinajstić information content (AvgIpc) is 2.80. The second-order valence-electron chi connectivity index (χ2n) is 3.03. The molecule has 0 aromatic carbocycles. The minimum absolute atomic E-state index is 0.661. The Balaban J connectivity index is 2.19. The third kappa shape index (κ3) is 2.28. The van der Waals surface area contributed by atoms with E-state index in [1.54, 1.807) is 23.4 Å². The van der Waals surface area contributed by atoms with Gasteiger partial charge in [-0.15, -0.1) is 0 Å². The highest BCUT2D eigenvalue weighted by Gasteiger charge is 2.00. The van der Waals surface area contributed by atoms with Crippen LogP contribution in [0.25, 0.3) is 5.82 Å². The molecule has 0 bridgehead atoms. The SMILES string of the molecule is CCCNc1cncc(-n2cncn2)n1. The molecule has 78 valence electrons. The minimum atomic E-state index is 0.661. The first-order chi connectivity index (χ1) is 7.40. The number of nitrogens with one attached hydrogen (secondary N) is 1. The molecule has 0 atom stereocenters. The van der Waals surface area contributed by atoms with Crippen molar-refractivity contribution >= 4 is 5.82 Å². The molecule has 15 heavy (non-hydrogen) atoms. The summed E-state index contributed by atoms with van der Waals surface area (Å²) >= 11 is 0. The number of hydrogen-bond donors (Lipinski definition) is 1. The van der Waals surface area contributed by atoms with Crippen LogP contribution in [-0.4, -0.2) is 31.3 Å². The van der Waals surface area contributed by atoms with Gasteiger partial charge in [0.05, 0.1) is 12.4 Å². The van der Waals surface area contributed by atoms with Crippen molar-refractivity contribution in [1.82, 2.24) is 24.7 Å². The maximum Gasteiger partial charge on any atom is 0.175 e. The lowest BCUT2D eigenvalue weighted by Crippen LogP contribution is -2.05. The summed E-state index contributed by atoms with van der Waals surface area (Å²) in [5.74, 6) is 1.42. The zero-order chi connectivity index (χ0) is 10.5. The summed E-state index contributed by atoms with van der Waals surface area (Å²) in [4.78, 5) is 12.3. The van der Waals surface area contributed by atoms with E-state index in [0.29, 0.717) is 5.82 Å². The molecular weight excluding hydrogens is 192 g/mol. The van der Waals surface area contributed by atoms with Crippen molar-refractivity contribution in [3.63, 3.8) is 0 Å². The Kier molecular flexibility index (Phi) is 2.87. The van der Waals surface area contributed by atoms with E-state index in [1.807, 2.05) is 0 Å². The zero-order valence-corrected chi connectivity index (χ0v) is 8.46. The van der Waals surface area contributed by atoms with Crippen LogP contribution in [0.5, 0.6) is 0 Å². The Morgan fingerprint density at radius 2 is 2.27 bits per heavy atom. The van der Waals surface area contributed by atoms with Crippen LogP contribution in [0, 0.1) is 0 Å². The lowest BCUT2D eigenvalue weighted by molar-refractivity contribution is 0.834. The van der Waals surface area contributed by atoms with Gasteiger partial charge in [-0.25, -0.2) is 14.6 Å². The van der Waals surface area contributed by atoms with Crippen LogP contribution in [0.3, 0.4) is 0 Å². The van der Waals surface area contributed by atoms with Gasteiger partial charge < -0.3 is 5.32 Å². The first-order valence-electron chi connectivity index (χ1n) is 4.81. The molecule has 0 saturated carbocycles. The maximum absolute atomic E-state index is 4.34. The first kappa shape index (κ1) is 9.57. The fourth-order valence-electron chi connectivity index (χ4n) is 1.13. The van der Waals surface area contributed by atoms with Gasteiger partial charge in [-0.1, -0.05) is 6.92 Å². The van der Waals surface area contributed by atoms with Gasteiger partial charge in [0.2, 0.25) is 0 Å². The fraction of sp³-hybridized carbons (Fsp3) is 0.333. The molecule has 0 aliphatic rings. The highest BCUT2D eigenvalue weighted by molar-refractivity contribution is 5.35. The van der Waals surface area contributed by atoms with Gasteiger partial charge >= 0.3 is 0 Å². The largest absolute Gasteiger partial charge is 0.369 e. The van der Waals surface area contributed by atoms with Crippen molar-refractivity contribution in [2.45, 2.75) is 13.3 Å². The Hall–Kier alpha value is -1.98. The fourth-order valence-corrected chi connectivity index (χ4v) is 1.13. The van der Waals surface area contributed by atoms with Crippen molar-refractivity contribution in [1.29, 1.82) is 0 Å². The molecule has 0 aliphatic heterocycles. The van der Waals surface area contributed by atoms with Gasteiger partial charge in [0, 0.05) is 6.54 Å². The second kappa shape index (κ2) is 4.50. The molecule has 1 N–H and O–H groups in total. The van der Waals surface area contributed by atoms with E-state index in [9.17, 15) is 0 Å². The average molecular weight is 204 g/mol. The Morgan fingerprint density at radius 3 is 3.00 bits per heavy atom. The summed E-state index contributed by atoms with van der Waals surface area (Å²) in [7, 11) is 0. The highest BCUT2D eigenvalue weighted by Crippen LogP contribution is 2.04. The van der Waals surface area contributed by atoms with E-state index in [4.69, 9.17) is 0 Å². The maximum atomic E-state index is 4.34. The van der Waals surface area contributed by atoms with Crippen molar-refractivity contribution in [2.75, 3.05) is 11.9 Å². The monoisotopic (exact) mass is 204 g/mol. The van der Waals surface area contributed by atoms with Crippen LogP contribution in [0.2, 0.25) is 0 Å². The standard InChI is InChI=1S/C9H12N6/c1-2-3-12-8-4-10-5-9(14-8)15-7-11-6-13-15/h4-7H,2-3H2,1H3,(H,12,14). The highest BCUT2D eigenvalue weighted by atomic mass is 15.3. The number of hydrogen-bond acceptors (Lipinski definition) is 5. The summed E-state index contributed by atoms with van der Waals surface area (Å²) < 4.78 is 1.57. The van der Waals surface area contributed by atoms with Gasteiger partial charge in [-0.2, -0.15) is 5.10 Å². The van der Waals surface area contributed by atoms with Crippen LogP contribution >= 0.6 is 0 Å². The minimum Gasteiger partial charge on any atom is -0.369 e. The number of nitrogens with zero attached hydrogens (tertiary/aromatic N) is 5. The van der Waals surface area contributed by atoms with E-state index >= 15 is 0 Å². The lowest BCUT2D eigenvalue weighted by atomic mass is 10.5. The summed E-state index contributed by atoms with van der Waals surface area (Å²) in [5, 5.41) is 7.14. The molecular formula is C9H12N6. The van der Waals surface area contributed by atoms with Crippen LogP contribution in [0.4, 0.5) is 5.82 Å². The number of anilines is 1. The van der Waals surface area contributed by atoms with Crippen molar-refractivity contribution in [2.24, 2.45) is 0 Å². The van der Waals surface area contributed by atoms with Crippen molar-refractivity contribution in [3.8, 4) is 5.82 Å². The predicted octanol–water partition coefficient (Wildman–Crippen LogP) is 0.879. The van der Waals surface area contributed by atoms with Crippen molar-refractivity contribution < 1.29 is 0 Å². The van der Waals surface area contributed by atoms with Gasteiger partial charge in [0.25, 0.3) is 0 Å². The van der Waals surface area contributed by atoms with E-state index in [2.05, 4.69) is 32.3 Å². The van der Waals surface area contributed by atoms with E-state index in [-0.39, 0.29) is 0 Å². The molecule has 0 saturated heterocycles. The van der Waals surface area contributed by atoms with E-state index in [1.165, 1.54) is 6.33 Å². The van der Waals surface area contributed by atoms with Crippen LogP contribution in [0.15, 0.2) is 25.0 Å². The molecule has 2 heterocycles. The Morgan fingerprint density at radius 1 is 1.33 bits per heavy atom. The normalized spacial score (nSPS) is 10.2. The summed E-state index contributed by atoms with van der Waals surface area (Å²) in [6, 6.07) is 0. The molecule has 6 nitrogen and oxygen atoms in total. The second-order valence-corrected chi connectivity index (χ2v) is 3.03. The van der Waals surface area contributed by atoms with Gasteiger partial charge in [0.1, 0.15) is 18.5 Å². The summed E-state index contributed by atoms with van der Waals surface area (Å²) in [5.41, 5.74) is 0.